The normalized spacial score (nSPS) is 16.1. The minimum atomic E-state index is -3.76. The molecule has 1 saturated heterocycles. The van der Waals surface area contributed by atoms with Crippen LogP contribution in [0.2, 0.25) is 0 Å². The van der Waals surface area contributed by atoms with E-state index >= 15 is 0 Å². The summed E-state index contributed by atoms with van der Waals surface area (Å²) in [6.45, 7) is 2.91. The number of piperazine rings is 1. The number of fused-ring (bicyclic) bond motifs is 1. The fourth-order valence-electron chi connectivity index (χ4n) is 3.29. The van der Waals surface area contributed by atoms with Crippen molar-refractivity contribution in [2.45, 2.75) is 11.8 Å². The van der Waals surface area contributed by atoms with Crippen LogP contribution in [0.4, 0.5) is 10.1 Å². The molecule has 1 aromatic carbocycles. The van der Waals surface area contributed by atoms with Gasteiger partial charge in [-0.2, -0.15) is 9.40 Å². The molecule has 1 aliphatic rings. The van der Waals surface area contributed by atoms with E-state index in [1.807, 2.05) is 4.90 Å². The van der Waals surface area contributed by atoms with E-state index in [2.05, 4.69) is 10.2 Å². The van der Waals surface area contributed by atoms with Gasteiger partial charge in [0.15, 0.2) is 0 Å². The Kier molecular flexibility index (Phi) is 4.23. The van der Waals surface area contributed by atoms with Crippen molar-refractivity contribution in [3.8, 4) is 0 Å². The number of anilines is 1. The van der Waals surface area contributed by atoms with Crippen LogP contribution in [-0.4, -0.2) is 53.5 Å². The minimum Gasteiger partial charge on any atom is -0.367 e. The van der Waals surface area contributed by atoms with Gasteiger partial charge in [-0.15, -0.1) is 0 Å². The Morgan fingerprint density at radius 2 is 1.85 bits per heavy atom. The molecule has 0 spiro atoms. The molecule has 10 heteroatoms. The highest BCUT2D eigenvalue weighted by atomic mass is 32.2. The number of para-hydroxylation sites is 1. The van der Waals surface area contributed by atoms with Crippen LogP contribution in [0.25, 0.3) is 5.52 Å². The zero-order valence-electron chi connectivity index (χ0n) is 14.6. The number of rotatable bonds is 3. The van der Waals surface area contributed by atoms with Crippen LogP contribution in [0.3, 0.4) is 0 Å². The van der Waals surface area contributed by atoms with Gasteiger partial charge in [0.25, 0.3) is 5.56 Å². The van der Waals surface area contributed by atoms with Gasteiger partial charge >= 0.3 is 0 Å². The van der Waals surface area contributed by atoms with Gasteiger partial charge in [-0.1, -0.05) is 12.1 Å². The van der Waals surface area contributed by atoms with E-state index in [-0.39, 0.29) is 29.3 Å². The summed E-state index contributed by atoms with van der Waals surface area (Å²) in [6.07, 6.45) is 1.41. The van der Waals surface area contributed by atoms with Crippen LogP contribution in [0.15, 0.2) is 46.2 Å². The fraction of sp³-hybridized carbons (Fsp3) is 0.294. The first-order valence-corrected chi connectivity index (χ1v) is 9.89. The quantitative estimate of drug-likeness (QED) is 0.719. The van der Waals surface area contributed by atoms with E-state index in [4.69, 9.17) is 0 Å². The summed E-state index contributed by atoms with van der Waals surface area (Å²) in [5, 5.41) is 6.18. The molecule has 1 fully saturated rings. The number of halogens is 1. The molecular formula is C17H18FN5O3S. The molecule has 4 rings (SSSR count). The highest BCUT2D eigenvalue weighted by molar-refractivity contribution is 7.89. The molecule has 0 atom stereocenters. The Morgan fingerprint density at radius 3 is 2.52 bits per heavy atom. The van der Waals surface area contributed by atoms with Gasteiger partial charge in [-0.3, -0.25) is 9.20 Å². The van der Waals surface area contributed by atoms with Crippen LogP contribution in [0.1, 0.15) is 5.82 Å². The lowest BCUT2D eigenvalue weighted by Gasteiger charge is -2.35. The molecule has 2 aromatic heterocycles. The van der Waals surface area contributed by atoms with Crippen molar-refractivity contribution >= 4 is 21.2 Å². The van der Waals surface area contributed by atoms with E-state index < -0.39 is 15.6 Å². The lowest BCUT2D eigenvalue weighted by Crippen LogP contribution is -2.48. The Bertz CT molecular complexity index is 1160. The van der Waals surface area contributed by atoms with Gasteiger partial charge in [0.2, 0.25) is 10.0 Å². The van der Waals surface area contributed by atoms with Crippen molar-refractivity contribution in [2.24, 2.45) is 0 Å². The summed E-state index contributed by atoms with van der Waals surface area (Å²) in [5.41, 5.74) is 0.245. The van der Waals surface area contributed by atoms with Crippen LogP contribution in [-0.2, 0) is 10.0 Å². The summed E-state index contributed by atoms with van der Waals surface area (Å²) in [4.78, 5) is 13.8. The number of hydrogen-bond donors (Lipinski definition) is 1. The molecule has 0 unspecified atom stereocenters. The maximum absolute atomic E-state index is 13.9. The molecular weight excluding hydrogens is 373 g/mol. The average molecular weight is 391 g/mol. The molecule has 0 aliphatic carbocycles. The van der Waals surface area contributed by atoms with Gasteiger partial charge in [0.05, 0.1) is 5.69 Å². The minimum absolute atomic E-state index is 0.0449. The van der Waals surface area contributed by atoms with Crippen molar-refractivity contribution < 1.29 is 12.8 Å². The molecule has 0 radical (unpaired) electrons. The predicted octanol–water partition coefficient (Wildman–Crippen LogP) is 0.981. The third-order valence-corrected chi connectivity index (χ3v) is 6.63. The Balaban J connectivity index is 1.59. The predicted molar refractivity (Wildman–Crippen MR) is 97.9 cm³/mol. The third-order valence-electron chi connectivity index (χ3n) is 4.76. The summed E-state index contributed by atoms with van der Waals surface area (Å²) < 4.78 is 42.7. The molecule has 27 heavy (non-hydrogen) atoms. The highest BCUT2D eigenvalue weighted by Gasteiger charge is 2.30. The monoisotopic (exact) mass is 391 g/mol. The van der Waals surface area contributed by atoms with Crippen molar-refractivity contribution in [1.82, 2.24) is 18.9 Å². The summed E-state index contributed by atoms with van der Waals surface area (Å²) in [5.74, 6) is 0.158. The van der Waals surface area contributed by atoms with E-state index in [0.29, 0.717) is 24.6 Å². The number of nitrogens with zero attached hydrogens (tertiary/aromatic N) is 4. The first-order valence-electron chi connectivity index (χ1n) is 8.45. The maximum Gasteiger partial charge on any atom is 0.288 e. The van der Waals surface area contributed by atoms with Gasteiger partial charge < -0.3 is 4.90 Å². The fourth-order valence-corrected chi connectivity index (χ4v) is 4.73. The average Bonchev–Trinajstić information content (AvgIpc) is 3.13. The Hall–Kier alpha value is -2.72. The number of benzene rings is 1. The summed E-state index contributed by atoms with van der Waals surface area (Å²) >= 11 is 0. The van der Waals surface area contributed by atoms with Gasteiger partial charge in [-0.05, 0) is 25.1 Å². The number of aryl methyl sites for hydroxylation is 1. The van der Waals surface area contributed by atoms with E-state index in [1.165, 1.54) is 27.0 Å². The van der Waals surface area contributed by atoms with Crippen molar-refractivity contribution in [2.75, 3.05) is 31.1 Å². The van der Waals surface area contributed by atoms with E-state index in [1.54, 1.807) is 25.1 Å². The van der Waals surface area contributed by atoms with E-state index in [0.717, 1.165) is 0 Å². The van der Waals surface area contributed by atoms with Crippen LogP contribution >= 0.6 is 0 Å². The SMILES string of the molecule is Cc1n[nH]c(=O)c2cc(S(=O)(=O)N3CCN(c4ccccc4F)CC3)cn12. The second-order valence-electron chi connectivity index (χ2n) is 6.37. The molecule has 1 aliphatic heterocycles. The topological polar surface area (TPSA) is 90.8 Å². The van der Waals surface area contributed by atoms with Gasteiger partial charge in [0, 0.05) is 32.4 Å². The molecule has 0 saturated carbocycles. The highest BCUT2D eigenvalue weighted by Crippen LogP contribution is 2.24. The molecule has 8 nitrogen and oxygen atoms in total. The maximum atomic E-state index is 13.9. The molecule has 142 valence electrons. The second-order valence-corrected chi connectivity index (χ2v) is 8.31. The Morgan fingerprint density at radius 1 is 1.15 bits per heavy atom. The summed E-state index contributed by atoms with van der Waals surface area (Å²) in [6, 6.07) is 7.80. The smallest absolute Gasteiger partial charge is 0.288 e. The molecule has 0 amide bonds. The number of aromatic nitrogens is 3. The number of aromatic amines is 1. The first kappa shape index (κ1) is 17.7. The third kappa shape index (κ3) is 3.00. The van der Waals surface area contributed by atoms with Crippen LogP contribution in [0, 0.1) is 12.7 Å². The zero-order valence-corrected chi connectivity index (χ0v) is 15.4. The lowest BCUT2D eigenvalue weighted by atomic mass is 10.2. The number of nitrogens with one attached hydrogen (secondary N) is 1. The van der Waals surface area contributed by atoms with E-state index in [9.17, 15) is 17.6 Å². The molecule has 1 N–H and O–H groups in total. The largest absolute Gasteiger partial charge is 0.367 e. The standard InChI is InChI=1S/C17H18FN5O3S/c1-12-19-20-17(24)16-10-13(11-23(12)16)27(25,26)22-8-6-21(7-9-22)15-5-3-2-4-14(15)18/h2-5,10-11H,6-9H2,1H3,(H,20,24). The Labute approximate surface area is 154 Å². The molecule has 3 aromatic rings. The van der Waals surface area contributed by atoms with Crippen molar-refractivity contribution in [3.63, 3.8) is 0 Å². The number of hydrogen-bond acceptors (Lipinski definition) is 5. The zero-order chi connectivity index (χ0) is 19.2. The van der Waals surface area contributed by atoms with Gasteiger partial charge in [0.1, 0.15) is 22.1 Å². The van der Waals surface area contributed by atoms with Crippen LogP contribution < -0.4 is 10.5 Å². The van der Waals surface area contributed by atoms with Crippen molar-refractivity contribution in [1.29, 1.82) is 0 Å². The van der Waals surface area contributed by atoms with Gasteiger partial charge in [-0.25, -0.2) is 17.9 Å². The number of H-pyrrole nitrogens is 1. The first-order chi connectivity index (χ1) is 12.9. The number of sulfonamides is 1. The molecule has 3 heterocycles. The van der Waals surface area contributed by atoms with Crippen molar-refractivity contribution in [3.05, 3.63) is 58.5 Å². The van der Waals surface area contributed by atoms with Crippen LogP contribution in [0.5, 0.6) is 0 Å². The second kappa shape index (κ2) is 6.46. The summed E-state index contributed by atoms with van der Waals surface area (Å²) in [7, 11) is -3.76. The molecule has 0 bridgehead atoms. The lowest BCUT2D eigenvalue weighted by molar-refractivity contribution is 0.383.